The molecular weight excluding hydrogens is 228 g/mol. The van der Waals surface area contributed by atoms with Gasteiger partial charge in [0.2, 0.25) is 5.95 Å². The van der Waals surface area contributed by atoms with Crippen molar-refractivity contribution < 1.29 is 18.7 Å². The molecule has 0 fully saturated rings. The summed E-state index contributed by atoms with van der Waals surface area (Å²) in [5.74, 6) is -2.83. The van der Waals surface area contributed by atoms with E-state index in [9.17, 15) is 13.6 Å². The normalized spacial score (nSPS) is 10.2. The van der Waals surface area contributed by atoms with Gasteiger partial charge in [-0.2, -0.15) is 4.39 Å². The second kappa shape index (κ2) is 4.29. The van der Waals surface area contributed by atoms with E-state index in [2.05, 4.69) is 4.98 Å². The van der Waals surface area contributed by atoms with Crippen molar-refractivity contribution >= 4 is 5.97 Å². The van der Waals surface area contributed by atoms with Gasteiger partial charge in [0.25, 0.3) is 0 Å². The third-order valence-corrected chi connectivity index (χ3v) is 2.25. The highest BCUT2D eigenvalue weighted by Crippen LogP contribution is 2.20. The van der Waals surface area contributed by atoms with Gasteiger partial charge in [-0.15, -0.1) is 0 Å². The van der Waals surface area contributed by atoms with E-state index in [1.165, 1.54) is 30.5 Å². The molecule has 1 aromatic heterocycles. The molecule has 0 unspecified atom stereocenters. The number of carbonyl (C=O) groups is 1. The van der Waals surface area contributed by atoms with Gasteiger partial charge in [-0.3, -0.25) is 0 Å². The van der Waals surface area contributed by atoms with Gasteiger partial charge in [-0.05, 0) is 23.8 Å². The van der Waals surface area contributed by atoms with E-state index in [0.717, 1.165) is 6.07 Å². The van der Waals surface area contributed by atoms with E-state index in [1.807, 2.05) is 0 Å². The van der Waals surface area contributed by atoms with Gasteiger partial charge in [0.15, 0.2) is 0 Å². The minimum Gasteiger partial charge on any atom is -0.478 e. The molecule has 2 rings (SSSR count). The Hall–Kier alpha value is -2.30. The standard InChI is InChI=1S/C12H7F2NO2/c13-9-3-1-7(2-4-9)8-5-10(12(16)17)11(14)15-6-8/h1-6H,(H,16,17). The van der Waals surface area contributed by atoms with E-state index < -0.39 is 23.3 Å². The number of carboxylic acids is 1. The van der Waals surface area contributed by atoms with Crippen molar-refractivity contribution in [2.75, 3.05) is 0 Å². The minimum absolute atomic E-state index is 0.401. The number of aromatic carboxylic acids is 1. The molecule has 5 heteroatoms. The number of nitrogens with zero attached hydrogens (tertiary/aromatic N) is 1. The summed E-state index contributed by atoms with van der Waals surface area (Å²) < 4.78 is 25.8. The zero-order chi connectivity index (χ0) is 12.4. The van der Waals surface area contributed by atoms with Crippen molar-refractivity contribution in [3.8, 4) is 11.1 Å². The van der Waals surface area contributed by atoms with Crippen LogP contribution in [0.4, 0.5) is 8.78 Å². The average molecular weight is 235 g/mol. The van der Waals surface area contributed by atoms with Crippen molar-refractivity contribution in [1.82, 2.24) is 4.98 Å². The van der Waals surface area contributed by atoms with Crippen LogP contribution in [0.25, 0.3) is 11.1 Å². The van der Waals surface area contributed by atoms with Crippen molar-refractivity contribution in [2.45, 2.75) is 0 Å². The summed E-state index contributed by atoms with van der Waals surface area (Å²) in [6.45, 7) is 0. The summed E-state index contributed by atoms with van der Waals surface area (Å²) >= 11 is 0. The Bertz CT molecular complexity index is 567. The van der Waals surface area contributed by atoms with Crippen LogP contribution in [0.1, 0.15) is 10.4 Å². The van der Waals surface area contributed by atoms with Crippen LogP contribution in [0, 0.1) is 11.8 Å². The van der Waals surface area contributed by atoms with Crippen LogP contribution in [-0.4, -0.2) is 16.1 Å². The molecule has 1 heterocycles. The molecule has 1 N–H and O–H groups in total. The molecule has 0 aliphatic heterocycles. The SMILES string of the molecule is O=C(O)c1cc(-c2ccc(F)cc2)cnc1F. The Kier molecular flexibility index (Phi) is 2.82. The first kappa shape index (κ1) is 11.2. The van der Waals surface area contributed by atoms with Crippen molar-refractivity contribution in [1.29, 1.82) is 0 Å². The molecule has 0 amide bonds. The lowest BCUT2D eigenvalue weighted by atomic mass is 10.1. The zero-order valence-electron chi connectivity index (χ0n) is 8.52. The molecule has 3 nitrogen and oxygen atoms in total. The number of rotatable bonds is 2. The molecule has 0 saturated carbocycles. The van der Waals surface area contributed by atoms with E-state index in [4.69, 9.17) is 5.11 Å². The fourth-order valence-electron chi connectivity index (χ4n) is 1.40. The fraction of sp³-hybridized carbons (Fsp3) is 0. The van der Waals surface area contributed by atoms with Gasteiger partial charge in [-0.1, -0.05) is 12.1 Å². The first-order valence-corrected chi connectivity index (χ1v) is 4.72. The van der Waals surface area contributed by atoms with Gasteiger partial charge in [-0.25, -0.2) is 14.2 Å². The third kappa shape index (κ3) is 2.28. The topological polar surface area (TPSA) is 50.2 Å². The number of aromatic nitrogens is 1. The van der Waals surface area contributed by atoms with Crippen LogP contribution in [0.3, 0.4) is 0 Å². The first-order valence-electron chi connectivity index (χ1n) is 4.72. The molecule has 0 aliphatic carbocycles. The van der Waals surface area contributed by atoms with Gasteiger partial charge in [0, 0.05) is 11.8 Å². The monoisotopic (exact) mass is 235 g/mol. The second-order valence-electron chi connectivity index (χ2n) is 3.37. The lowest BCUT2D eigenvalue weighted by molar-refractivity contribution is 0.0691. The fourth-order valence-corrected chi connectivity index (χ4v) is 1.40. The molecule has 0 radical (unpaired) electrons. The molecule has 86 valence electrons. The van der Waals surface area contributed by atoms with Crippen molar-refractivity contribution in [2.24, 2.45) is 0 Å². The molecule has 2 aromatic rings. The molecular formula is C12H7F2NO2. The number of carboxylic acid groups (broad SMARTS) is 1. The highest BCUT2D eigenvalue weighted by molar-refractivity contribution is 5.89. The molecule has 0 aliphatic rings. The molecule has 0 bridgehead atoms. The largest absolute Gasteiger partial charge is 0.478 e. The van der Waals surface area contributed by atoms with Crippen LogP contribution in [-0.2, 0) is 0 Å². The highest BCUT2D eigenvalue weighted by Gasteiger charge is 2.12. The maximum Gasteiger partial charge on any atom is 0.340 e. The summed E-state index contributed by atoms with van der Waals surface area (Å²) in [6.07, 6.45) is 1.20. The molecule has 0 spiro atoms. The Morgan fingerprint density at radius 3 is 2.35 bits per heavy atom. The Morgan fingerprint density at radius 1 is 1.12 bits per heavy atom. The van der Waals surface area contributed by atoms with Crippen LogP contribution in [0.5, 0.6) is 0 Å². The van der Waals surface area contributed by atoms with Crippen molar-refractivity contribution in [3.63, 3.8) is 0 Å². The third-order valence-electron chi connectivity index (χ3n) is 2.25. The smallest absolute Gasteiger partial charge is 0.340 e. The maximum atomic E-state index is 13.0. The van der Waals surface area contributed by atoms with Gasteiger partial charge < -0.3 is 5.11 Å². The Labute approximate surface area is 95.4 Å². The summed E-state index contributed by atoms with van der Waals surface area (Å²) in [7, 11) is 0. The van der Waals surface area contributed by atoms with Crippen LogP contribution < -0.4 is 0 Å². The lowest BCUT2D eigenvalue weighted by Crippen LogP contribution is -2.02. The predicted octanol–water partition coefficient (Wildman–Crippen LogP) is 2.73. The maximum absolute atomic E-state index is 13.0. The second-order valence-corrected chi connectivity index (χ2v) is 3.37. The summed E-state index contributed by atoms with van der Waals surface area (Å²) in [4.78, 5) is 14.1. The molecule has 0 saturated heterocycles. The first-order chi connectivity index (χ1) is 8.08. The lowest BCUT2D eigenvalue weighted by Gasteiger charge is -2.03. The van der Waals surface area contributed by atoms with Gasteiger partial charge >= 0.3 is 5.97 Å². The van der Waals surface area contributed by atoms with E-state index in [-0.39, 0.29) is 0 Å². The Morgan fingerprint density at radius 2 is 1.76 bits per heavy atom. The number of hydrogen-bond donors (Lipinski definition) is 1. The Balaban J connectivity index is 2.50. The summed E-state index contributed by atoms with van der Waals surface area (Å²) in [6, 6.07) is 6.57. The van der Waals surface area contributed by atoms with E-state index in [0.29, 0.717) is 11.1 Å². The molecule has 0 atom stereocenters. The number of hydrogen-bond acceptors (Lipinski definition) is 2. The van der Waals surface area contributed by atoms with Crippen LogP contribution in [0.15, 0.2) is 36.5 Å². The van der Waals surface area contributed by atoms with Gasteiger partial charge in [0.1, 0.15) is 11.4 Å². The molecule has 17 heavy (non-hydrogen) atoms. The predicted molar refractivity (Wildman–Crippen MR) is 56.5 cm³/mol. The van der Waals surface area contributed by atoms with Crippen LogP contribution in [0.2, 0.25) is 0 Å². The molecule has 1 aromatic carbocycles. The number of benzene rings is 1. The summed E-state index contributed by atoms with van der Waals surface area (Å²) in [5, 5.41) is 8.74. The van der Waals surface area contributed by atoms with E-state index in [1.54, 1.807) is 0 Å². The summed E-state index contributed by atoms with van der Waals surface area (Å²) in [5.41, 5.74) is 0.483. The number of halogens is 2. The average Bonchev–Trinajstić information content (AvgIpc) is 2.30. The quantitative estimate of drug-likeness (QED) is 0.814. The zero-order valence-corrected chi connectivity index (χ0v) is 8.52. The highest BCUT2D eigenvalue weighted by atomic mass is 19.1. The van der Waals surface area contributed by atoms with Crippen LogP contribution >= 0.6 is 0 Å². The van der Waals surface area contributed by atoms with E-state index >= 15 is 0 Å². The minimum atomic E-state index is -1.39. The number of pyridine rings is 1. The van der Waals surface area contributed by atoms with Gasteiger partial charge in [0.05, 0.1) is 0 Å². The van der Waals surface area contributed by atoms with Crippen molar-refractivity contribution in [3.05, 3.63) is 53.9 Å².